The molecule has 0 bridgehead atoms. The lowest BCUT2D eigenvalue weighted by atomic mass is 10.2. The van der Waals surface area contributed by atoms with Crippen LogP contribution >= 0.6 is 0 Å². The molecule has 2 N–H and O–H groups in total. The average molecular weight is 221 g/mol. The van der Waals surface area contributed by atoms with Gasteiger partial charge in [-0.05, 0) is 25.2 Å². The van der Waals surface area contributed by atoms with E-state index in [0.717, 1.165) is 19.3 Å². The Bertz CT molecular complexity index is 259. The van der Waals surface area contributed by atoms with Gasteiger partial charge < -0.3 is 5.11 Å². The molecule has 0 aromatic rings. The molecule has 0 aromatic heterocycles. The van der Waals surface area contributed by atoms with Crippen molar-refractivity contribution in [1.29, 1.82) is 0 Å². The SMILES string of the molecule is CCCC(O)CNS(=O)(=O)CC1CC1. The highest BCUT2D eigenvalue weighted by Crippen LogP contribution is 2.29. The number of hydrogen-bond donors (Lipinski definition) is 2. The van der Waals surface area contributed by atoms with Gasteiger partial charge in [0.2, 0.25) is 10.0 Å². The monoisotopic (exact) mass is 221 g/mol. The Balaban J connectivity index is 2.20. The van der Waals surface area contributed by atoms with Crippen LogP contribution in [0.15, 0.2) is 0 Å². The molecule has 4 nitrogen and oxygen atoms in total. The Morgan fingerprint density at radius 2 is 2.14 bits per heavy atom. The fourth-order valence-electron chi connectivity index (χ4n) is 1.31. The topological polar surface area (TPSA) is 66.4 Å². The summed E-state index contributed by atoms with van der Waals surface area (Å²) in [5, 5.41) is 9.34. The smallest absolute Gasteiger partial charge is 0.211 e. The first-order valence-electron chi connectivity index (χ1n) is 5.19. The Labute approximate surface area is 85.8 Å². The van der Waals surface area contributed by atoms with E-state index in [0.29, 0.717) is 12.3 Å². The van der Waals surface area contributed by atoms with E-state index in [9.17, 15) is 13.5 Å². The van der Waals surface area contributed by atoms with E-state index in [1.54, 1.807) is 0 Å². The summed E-state index contributed by atoms with van der Waals surface area (Å²) in [5.41, 5.74) is 0. The number of sulfonamides is 1. The van der Waals surface area contributed by atoms with Gasteiger partial charge in [-0.15, -0.1) is 0 Å². The number of nitrogens with one attached hydrogen (secondary N) is 1. The molecule has 0 heterocycles. The number of aliphatic hydroxyl groups is 1. The maximum absolute atomic E-state index is 11.4. The van der Waals surface area contributed by atoms with Crippen molar-refractivity contribution in [2.24, 2.45) is 5.92 Å². The van der Waals surface area contributed by atoms with Gasteiger partial charge in [-0.2, -0.15) is 0 Å². The molecule has 1 rings (SSSR count). The third-order valence-electron chi connectivity index (χ3n) is 2.31. The first-order chi connectivity index (χ1) is 6.53. The Morgan fingerprint density at radius 3 is 2.64 bits per heavy atom. The lowest BCUT2D eigenvalue weighted by molar-refractivity contribution is 0.167. The molecule has 0 amide bonds. The summed E-state index contributed by atoms with van der Waals surface area (Å²) < 4.78 is 25.2. The lowest BCUT2D eigenvalue weighted by Crippen LogP contribution is -2.34. The Morgan fingerprint density at radius 1 is 1.50 bits per heavy atom. The van der Waals surface area contributed by atoms with Crippen LogP contribution in [0.5, 0.6) is 0 Å². The van der Waals surface area contributed by atoms with Gasteiger partial charge in [0.15, 0.2) is 0 Å². The van der Waals surface area contributed by atoms with Crippen molar-refractivity contribution >= 4 is 10.0 Å². The van der Waals surface area contributed by atoms with Crippen LogP contribution in [-0.4, -0.2) is 31.9 Å². The summed E-state index contributed by atoms with van der Waals surface area (Å²) in [7, 11) is -3.14. The molecule has 0 spiro atoms. The fraction of sp³-hybridized carbons (Fsp3) is 1.00. The minimum absolute atomic E-state index is 0.156. The minimum atomic E-state index is -3.14. The van der Waals surface area contributed by atoms with E-state index < -0.39 is 16.1 Å². The molecule has 5 heteroatoms. The van der Waals surface area contributed by atoms with Crippen LogP contribution in [0.25, 0.3) is 0 Å². The molecular formula is C9H19NO3S. The van der Waals surface area contributed by atoms with Crippen molar-refractivity contribution in [1.82, 2.24) is 4.72 Å². The predicted molar refractivity (Wildman–Crippen MR) is 55.4 cm³/mol. The summed E-state index contributed by atoms with van der Waals surface area (Å²) in [6.45, 7) is 2.12. The largest absolute Gasteiger partial charge is 0.392 e. The number of rotatable bonds is 7. The van der Waals surface area contributed by atoms with Crippen molar-refractivity contribution in [3.63, 3.8) is 0 Å². The van der Waals surface area contributed by atoms with Crippen LogP contribution in [-0.2, 0) is 10.0 Å². The van der Waals surface area contributed by atoms with E-state index in [1.807, 2.05) is 6.92 Å². The first-order valence-corrected chi connectivity index (χ1v) is 6.84. The van der Waals surface area contributed by atoms with Crippen LogP contribution in [0.1, 0.15) is 32.6 Å². The van der Waals surface area contributed by atoms with Gasteiger partial charge in [-0.1, -0.05) is 13.3 Å². The molecule has 14 heavy (non-hydrogen) atoms. The molecule has 0 aliphatic heterocycles. The zero-order valence-corrected chi connectivity index (χ0v) is 9.39. The molecule has 1 aliphatic rings. The van der Waals surface area contributed by atoms with Gasteiger partial charge in [0.25, 0.3) is 0 Å². The summed E-state index contributed by atoms with van der Waals surface area (Å²) in [6, 6.07) is 0. The van der Waals surface area contributed by atoms with Crippen LogP contribution < -0.4 is 4.72 Å². The summed E-state index contributed by atoms with van der Waals surface area (Å²) in [6.07, 6.45) is 3.02. The standard InChI is InChI=1S/C9H19NO3S/c1-2-3-9(11)6-10-14(12,13)7-8-4-5-8/h8-11H,2-7H2,1H3. The van der Waals surface area contributed by atoms with Crippen LogP contribution in [0, 0.1) is 5.92 Å². The summed E-state index contributed by atoms with van der Waals surface area (Å²) in [5.74, 6) is 0.585. The molecule has 0 radical (unpaired) electrons. The van der Waals surface area contributed by atoms with Crippen molar-refractivity contribution in [2.45, 2.75) is 38.7 Å². The summed E-state index contributed by atoms with van der Waals surface area (Å²) in [4.78, 5) is 0. The van der Waals surface area contributed by atoms with E-state index in [2.05, 4.69) is 4.72 Å². The van der Waals surface area contributed by atoms with Gasteiger partial charge in [-0.25, -0.2) is 13.1 Å². The normalized spacial score (nSPS) is 19.6. The van der Waals surface area contributed by atoms with Gasteiger partial charge in [0, 0.05) is 6.54 Å². The molecule has 1 fully saturated rings. The minimum Gasteiger partial charge on any atom is -0.392 e. The molecule has 84 valence electrons. The zero-order chi connectivity index (χ0) is 10.6. The van der Waals surface area contributed by atoms with Gasteiger partial charge in [0.1, 0.15) is 0 Å². The van der Waals surface area contributed by atoms with E-state index in [4.69, 9.17) is 0 Å². The van der Waals surface area contributed by atoms with Crippen LogP contribution in [0.4, 0.5) is 0 Å². The highest BCUT2D eigenvalue weighted by Gasteiger charge is 2.27. The van der Waals surface area contributed by atoms with E-state index >= 15 is 0 Å². The molecule has 1 saturated carbocycles. The Hall–Kier alpha value is -0.130. The highest BCUT2D eigenvalue weighted by molar-refractivity contribution is 7.89. The third kappa shape index (κ3) is 4.93. The van der Waals surface area contributed by atoms with E-state index in [1.165, 1.54) is 0 Å². The maximum atomic E-state index is 11.4. The molecule has 0 aromatic carbocycles. The van der Waals surface area contributed by atoms with Gasteiger partial charge in [0.05, 0.1) is 11.9 Å². The molecular weight excluding hydrogens is 202 g/mol. The first kappa shape index (κ1) is 11.9. The predicted octanol–water partition coefficient (Wildman–Crippen LogP) is 0.477. The average Bonchev–Trinajstić information content (AvgIpc) is 2.85. The quantitative estimate of drug-likeness (QED) is 0.657. The number of hydrogen-bond acceptors (Lipinski definition) is 3. The molecule has 1 aliphatic carbocycles. The van der Waals surface area contributed by atoms with E-state index in [-0.39, 0.29) is 12.3 Å². The second-order valence-corrected chi connectivity index (χ2v) is 5.87. The second-order valence-electron chi connectivity index (χ2n) is 4.02. The van der Waals surface area contributed by atoms with Crippen molar-refractivity contribution in [2.75, 3.05) is 12.3 Å². The highest BCUT2D eigenvalue weighted by atomic mass is 32.2. The zero-order valence-electron chi connectivity index (χ0n) is 8.57. The summed E-state index contributed by atoms with van der Waals surface area (Å²) >= 11 is 0. The van der Waals surface area contributed by atoms with Gasteiger partial charge in [-0.3, -0.25) is 0 Å². The second kappa shape index (κ2) is 5.09. The van der Waals surface area contributed by atoms with Gasteiger partial charge >= 0.3 is 0 Å². The molecule has 1 unspecified atom stereocenters. The third-order valence-corrected chi connectivity index (χ3v) is 3.83. The lowest BCUT2D eigenvalue weighted by Gasteiger charge is -2.10. The molecule has 1 atom stereocenters. The van der Waals surface area contributed by atoms with Crippen LogP contribution in [0.2, 0.25) is 0 Å². The Kier molecular flexibility index (Phi) is 4.34. The van der Waals surface area contributed by atoms with Crippen molar-refractivity contribution in [3.8, 4) is 0 Å². The molecule has 0 saturated heterocycles. The van der Waals surface area contributed by atoms with Crippen molar-refractivity contribution in [3.05, 3.63) is 0 Å². The number of aliphatic hydroxyl groups excluding tert-OH is 1. The van der Waals surface area contributed by atoms with Crippen LogP contribution in [0.3, 0.4) is 0 Å². The fourth-order valence-corrected chi connectivity index (χ4v) is 2.83. The van der Waals surface area contributed by atoms with Crippen molar-refractivity contribution < 1.29 is 13.5 Å². The maximum Gasteiger partial charge on any atom is 0.211 e.